The van der Waals surface area contributed by atoms with Crippen LogP contribution in [0.3, 0.4) is 0 Å². The van der Waals surface area contributed by atoms with Crippen LogP contribution in [0.2, 0.25) is 5.15 Å². The van der Waals surface area contributed by atoms with Crippen molar-refractivity contribution < 1.29 is 23.6 Å². The summed E-state index contributed by atoms with van der Waals surface area (Å²) in [6.07, 6.45) is 6.27. The highest BCUT2D eigenvalue weighted by Gasteiger charge is 2.13. The summed E-state index contributed by atoms with van der Waals surface area (Å²) in [5, 5.41) is 1.01. The minimum Gasteiger partial charge on any atom is -0.419 e. The number of carbonyl (C=O) groups excluding carboxylic acids is 4. The summed E-state index contributed by atoms with van der Waals surface area (Å²) in [4.78, 5) is 74.6. The molecule has 12 heteroatoms. The number of aromatic nitrogens is 3. The van der Waals surface area contributed by atoms with Crippen LogP contribution in [-0.4, -0.2) is 63.6 Å². The van der Waals surface area contributed by atoms with Crippen LogP contribution < -0.4 is 5.43 Å². The molecule has 0 saturated heterocycles. The van der Waals surface area contributed by atoms with Crippen LogP contribution in [0.25, 0.3) is 38.3 Å². The second-order valence-electron chi connectivity index (χ2n) is 11.3. The zero-order valence-corrected chi connectivity index (χ0v) is 29.4. The first kappa shape index (κ1) is 38.2. The van der Waals surface area contributed by atoms with Gasteiger partial charge in [-0.3, -0.25) is 24.0 Å². The summed E-state index contributed by atoms with van der Waals surface area (Å²) in [5.74, 6) is -0.341. The van der Waals surface area contributed by atoms with Gasteiger partial charge >= 0.3 is 0 Å². The van der Waals surface area contributed by atoms with E-state index >= 15 is 0 Å². The number of hydrogen-bond donors (Lipinski definition) is 0. The third kappa shape index (κ3) is 9.97. The molecule has 0 aliphatic heterocycles. The Morgan fingerprint density at radius 1 is 0.788 bits per heavy atom. The van der Waals surface area contributed by atoms with Gasteiger partial charge in [-0.15, -0.1) is 0 Å². The molecule has 0 saturated carbocycles. The maximum atomic E-state index is 12.5. The van der Waals surface area contributed by atoms with Crippen LogP contribution in [0.4, 0.5) is 0 Å². The quantitative estimate of drug-likeness (QED) is 0.0508. The van der Waals surface area contributed by atoms with E-state index in [0.717, 1.165) is 5.56 Å². The number of pyridine rings is 3. The number of ketones is 4. The molecule has 4 aromatic heterocycles. The number of Topliss-reactive ketones (excluding diaryl/α,β-unsaturated/α-hetero) is 3. The zero-order valence-electron chi connectivity index (χ0n) is 28.7. The molecule has 0 radical (unpaired) electrons. The van der Waals surface area contributed by atoms with Gasteiger partial charge in [0.25, 0.3) is 6.54 Å². The molecule has 0 bridgehead atoms. The van der Waals surface area contributed by atoms with Crippen molar-refractivity contribution in [1.82, 2.24) is 19.9 Å². The minimum absolute atomic E-state index is 0.00262. The highest BCUT2D eigenvalue weighted by molar-refractivity contribution is 6.32. The third-order valence-corrected chi connectivity index (χ3v) is 7.58. The number of nitrogens with zero attached hydrogens (tertiary/aromatic N) is 5. The molecule has 0 atom stereocenters. The van der Waals surface area contributed by atoms with E-state index in [1.807, 2.05) is 26.2 Å². The maximum absolute atomic E-state index is 12.5. The number of allylic oxidation sites excluding steroid dienone is 1. The SMILES string of the molecule is CC(=O)c1ccc(-c2ccc3c(=O)c4cccnc4oc3n2)cc1.CC(=O)c1ccc(C(=O)/C=C/N(C)C)cc1.[C-]#[N+]CC(=O)c1cccnc1Cl. The molecule has 0 unspecified atom stereocenters. The van der Waals surface area contributed by atoms with Crippen LogP contribution in [0.1, 0.15) is 55.3 Å². The largest absolute Gasteiger partial charge is 0.419 e. The van der Waals surface area contributed by atoms with Gasteiger partial charge in [0.05, 0.1) is 22.0 Å². The van der Waals surface area contributed by atoms with Crippen LogP contribution in [0.5, 0.6) is 0 Å². The Morgan fingerprint density at radius 2 is 1.37 bits per heavy atom. The highest BCUT2D eigenvalue weighted by Crippen LogP contribution is 2.22. The monoisotopic (exact) mass is 713 g/mol. The molecular weight excluding hydrogens is 682 g/mol. The van der Waals surface area contributed by atoms with Crippen molar-refractivity contribution in [1.29, 1.82) is 0 Å². The molecule has 52 heavy (non-hydrogen) atoms. The van der Waals surface area contributed by atoms with Crippen LogP contribution >= 0.6 is 11.6 Å². The van der Waals surface area contributed by atoms with Crippen molar-refractivity contribution in [2.24, 2.45) is 0 Å². The lowest BCUT2D eigenvalue weighted by molar-refractivity contribution is 0.100. The van der Waals surface area contributed by atoms with Gasteiger partial charge in [-0.25, -0.2) is 21.5 Å². The first-order chi connectivity index (χ1) is 24.9. The standard InChI is InChI=1S/C19H12N2O3.C13H15NO2.C8H5ClN2O/c1-11(22)12-4-6-13(7-5-12)16-9-8-15-17(23)14-3-2-10-20-18(14)24-19(15)21-16;1-10(15)11-4-6-12(7-5-11)13(16)8-9-14(2)3;1-10-5-7(12)6-3-2-4-11-8(6)9/h2-10H,1H3;4-9H,1-3H3;2-4H,5H2/b;9-8+;. The Balaban J connectivity index is 0.000000188. The van der Waals surface area contributed by atoms with E-state index in [4.69, 9.17) is 22.6 Å². The topological polar surface area (TPSA) is 145 Å². The van der Waals surface area contributed by atoms with Gasteiger partial charge in [0, 0.05) is 61.0 Å². The first-order valence-corrected chi connectivity index (χ1v) is 16.0. The van der Waals surface area contributed by atoms with E-state index in [2.05, 4.69) is 19.8 Å². The van der Waals surface area contributed by atoms with Gasteiger partial charge in [-0.2, -0.15) is 0 Å². The number of fused-ring (bicyclic) bond motifs is 2. The van der Waals surface area contributed by atoms with Crippen LogP contribution in [0, 0.1) is 6.57 Å². The molecule has 6 rings (SSSR count). The molecule has 0 aliphatic rings. The average Bonchev–Trinajstić information content (AvgIpc) is 3.14. The van der Waals surface area contributed by atoms with Crippen molar-refractivity contribution >= 4 is 56.9 Å². The van der Waals surface area contributed by atoms with E-state index in [1.165, 1.54) is 26.1 Å². The number of rotatable bonds is 8. The Labute approximate surface area is 304 Å². The van der Waals surface area contributed by atoms with Crippen molar-refractivity contribution in [3.8, 4) is 11.3 Å². The second-order valence-corrected chi connectivity index (χ2v) is 11.7. The van der Waals surface area contributed by atoms with Gasteiger partial charge in [0.2, 0.25) is 22.6 Å². The second kappa shape index (κ2) is 17.8. The van der Waals surface area contributed by atoms with Crippen molar-refractivity contribution in [3.05, 3.63) is 159 Å². The molecule has 260 valence electrons. The highest BCUT2D eigenvalue weighted by atomic mass is 35.5. The smallest absolute Gasteiger partial charge is 0.276 e. The molecule has 0 aliphatic carbocycles. The molecule has 0 spiro atoms. The van der Waals surface area contributed by atoms with E-state index in [-0.39, 0.29) is 51.7 Å². The molecule has 6 aromatic rings. The third-order valence-electron chi connectivity index (χ3n) is 7.28. The fraction of sp³-hybridized carbons (Fsp3) is 0.125. The number of carbonyl (C=O) groups is 4. The maximum Gasteiger partial charge on any atom is 0.276 e. The van der Waals surface area contributed by atoms with Crippen molar-refractivity contribution in [3.63, 3.8) is 0 Å². The lowest BCUT2D eigenvalue weighted by Gasteiger charge is -2.04. The Kier molecular flexibility index (Phi) is 13.1. The van der Waals surface area contributed by atoms with Gasteiger partial charge in [-0.1, -0.05) is 60.1 Å². The molecule has 4 heterocycles. The molecule has 0 fully saturated rings. The zero-order chi connectivity index (χ0) is 37.8. The van der Waals surface area contributed by atoms with E-state index in [1.54, 1.807) is 90.1 Å². The summed E-state index contributed by atoms with van der Waals surface area (Å²) in [7, 11) is 3.70. The number of halogens is 1. The summed E-state index contributed by atoms with van der Waals surface area (Å²) in [6.45, 7) is 9.34. The van der Waals surface area contributed by atoms with Gasteiger partial charge < -0.3 is 14.2 Å². The fourth-order valence-corrected chi connectivity index (χ4v) is 4.77. The summed E-state index contributed by atoms with van der Waals surface area (Å²) in [6, 6.07) is 23.8. The van der Waals surface area contributed by atoms with Crippen molar-refractivity contribution in [2.45, 2.75) is 13.8 Å². The molecule has 2 aromatic carbocycles. The summed E-state index contributed by atoms with van der Waals surface area (Å²) >= 11 is 5.62. The molecule has 0 N–H and O–H groups in total. The number of hydrogen-bond acceptors (Lipinski definition) is 10. The molecule has 0 amide bonds. The van der Waals surface area contributed by atoms with Gasteiger partial charge in [0.15, 0.2) is 17.3 Å². The predicted molar refractivity (Wildman–Crippen MR) is 200 cm³/mol. The first-order valence-electron chi connectivity index (χ1n) is 15.7. The average molecular weight is 714 g/mol. The number of benzene rings is 2. The predicted octanol–water partition coefficient (Wildman–Crippen LogP) is 7.59. The van der Waals surface area contributed by atoms with E-state index in [0.29, 0.717) is 38.7 Å². The van der Waals surface area contributed by atoms with E-state index < -0.39 is 0 Å². The van der Waals surface area contributed by atoms with E-state index in [9.17, 15) is 24.0 Å². The minimum atomic E-state index is -0.289. The lowest BCUT2D eigenvalue weighted by atomic mass is 10.1. The summed E-state index contributed by atoms with van der Waals surface area (Å²) < 4.78 is 5.67. The summed E-state index contributed by atoms with van der Waals surface area (Å²) in [5.41, 5.74) is 4.03. The normalized spacial score (nSPS) is 10.4. The molecular formula is C40H32ClN5O6. The molecule has 11 nitrogen and oxygen atoms in total. The van der Waals surface area contributed by atoms with Gasteiger partial charge in [-0.05, 0) is 50.2 Å². The van der Waals surface area contributed by atoms with Gasteiger partial charge in [0.1, 0.15) is 5.15 Å². The van der Waals surface area contributed by atoms with Crippen LogP contribution in [0.15, 0.2) is 119 Å². The Hall–Kier alpha value is -6.64. The van der Waals surface area contributed by atoms with Crippen molar-refractivity contribution in [2.75, 3.05) is 20.6 Å². The lowest BCUT2D eigenvalue weighted by Crippen LogP contribution is -2.04. The Bertz CT molecular complexity index is 2400. The van der Waals surface area contributed by atoms with Crippen LogP contribution in [-0.2, 0) is 0 Å². The Morgan fingerprint density at radius 3 is 1.96 bits per heavy atom. The fourth-order valence-electron chi connectivity index (χ4n) is 4.54.